The Balaban J connectivity index is 2.04. The lowest BCUT2D eigenvalue weighted by Crippen LogP contribution is -2.20. The van der Waals surface area contributed by atoms with Gasteiger partial charge in [-0.1, -0.05) is 17.7 Å². The number of nitrogens with zero attached hydrogens (tertiary/aromatic N) is 1. The Hall–Kier alpha value is -1.35. The Bertz CT molecular complexity index is 514. The van der Waals surface area contributed by atoms with Gasteiger partial charge in [-0.05, 0) is 37.0 Å². The molecule has 0 radical (unpaired) electrons. The van der Waals surface area contributed by atoms with Crippen molar-refractivity contribution in [1.29, 1.82) is 0 Å². The highest BCUT2D eigenvalue weighted by Crippen LogP contribution is 2.42. The van der Waals surface area contributed by atoms with Gasteiger partial charge >= 0.3 is 5.97 Å². The molecule has 0 saturated heterocycles. The van der Waals surface area contributed by atoms with Crippen LogP contribution in [0.15, 0.2) is 39.5 Å². The summed E-state index contributed by atoms with van der Waals surface area (Å²) in [5.74, 6) is -1.08. The first-order valence-corrected chi connectivity index (χ1v) is 6.14. The molecule has 1 heterocycles. The molecule has 17 heavy (non-hydrogen) atoms. The van der Waals surface area contributed by atoms with Gasteiger partial charge in [0.2, 0.25) is 0 Å². The maximum atomic E-state index is 11.2. The summed E-state index contributed by atoms with van der Waals surface area (Å²) in [6.07, 6.45) is 8.22. The lowest BCUT2D eigenvalue weighted by Gasteiger charge is -2.22. The first kappa shape index (κ1) is 10.8. The first-order chi connectivity index (χ1) is 8.16. The van der Waals surface area contributed by atoms with Gasteiger partial charge in [-0.3, -0.25) is 9.79 Å². The average Bonchev–Trinajstić information content (AvgIpc) is 2.66. The molecule has 2 aliphatic carbocycles. The lowest BCUT2D eigenvalue weighted by molar-refractivity contribution is -0.140. The largest absolute Gasteiger partial charge is 0.481 e. The van der Waals surface area contributed by atoms with Gasteiger partial charge in [0.05, 0.1) is 17.3 Å². The Morgan fingerprint density at radius 2 is 2.29 bits per heavy atom. The normalized spacial score (nSPS) is 30.6. The molecule has 1 N–H and O–H groups in total. The van der Waals surface area contributed by atoms with Gasteiger partial charge in [-0.2, -0.15) is 0 Å². The van der Waals surface area contributed by atoms with Crippen LogP contribution in [0.4, 0.5) is 0 Å². The van der Waals surface area contributed by atoms with Crippen molar-refractivity contribution in [3.63, 3.8) is 0 Å². The van der Waals surface area contributed by atoms with Gasteiger partial charge in [0.15, 0.2) is 0 Å². The molecule has 4 heteroatoms. The summed E-state index contributed by atoms with van der Waals surface area (Å²) in [6, 6.07) is 0. The third-order valence-electron chi connectivity index (χ3n) is 3.58. The molecule has 3 aliphatic rings. The SMILES string of the molecule is O=C(O)[C@@H]1CCCC2=C1N=C1C=CC(Cl)=C[C@@H]12. The summed E-state index contributed by atoms with van der Waals surface area (Å²) < 4.78 is 0. The van der Waals surface area contributed by atoms with Crippen LogP contribution in [-0.2, 0) is 4.79 Å². The zero-order chi connectivity index (χ0) is 12.0. The Labute approximate surface area is 104 Å². The van der Waals surface area contributed by atoms with E-state index in [-0.39, 0.29) is 5.92 Å². The van der Waals surface area contributed by atoms with E-state index in [1.54, 1.807) is 0 Å². The number of carboxylic acids is 1. The molecule has 0 bridgehead atoms. The minimum Gasteiger partial charge on any atom is -0.481 e. The third kappa shape index (κ3) is 1.65. The number of halogens is 1. The molecule has 3 rings (SSSR count). The van der Waals surface area contributed by atoms with E-state index in [2.05, 4.69) is 4.99 Å². The smallest absolute Gasteiger partial charge is 0.312 e. The summed E-state index contributed by atoms with van der Waals surface area (Å²) in [6.45, 7) is 0. The number of aliphatic imine (C=N–C) groups is 1. The molecule has 2 atom stereocenters. The molecule has 3 nitrogen and oxygen atoms in total. The van der Waals surface area contributed by atoms with Crippen molar-refractivity contribution < 1.29 is 9.90 Å². The van der Waals surface area contributed by atoms with Crippen LogP contribution in [0.25, 0.3) is 0 Å². The van der Waals surface area contributed by atoms with Crippen LogP contribution in [0.3, 0.4) is 0 Å². The third-order valence-corrected chi connectivity index (χ3v) is 3.83. The minimum atomic E-state index is -0.765. The van der Waals surface area contributed by atoms with Crippen LogP contribution in [0.5, 0.6) is 0 Å². The topological polar surface area (TPSA) is 49.7 Å². The van der Waals surface area contributed by atoms with Crippen LogP contribution in [0, 0.1) is 11.8 Å². The van der Waals surface area contributed by atoms with Crippen molar-refractivity contribution in [2.24, 2.45) is 16.8 Å². The fraction of sp³-hybridized carbons (Fsp3) is 0.385. The fourth-order valence-electron chi connectivity index (χ4n) is 2.78. The van der Waals surface area contributed by atoms with Crippen molar-refractivity contribution in [3.8, 4) is 0 Å². The molecular weight excluding hydrogens is 238 g/mol. The quantitative estimate of drug-likeness (QED) is 0.777. The first-order valence-electron chi connectivity index (χ1n) is 5.76. The summed E-state index contributed by atoms with van der Waals surface area (Å²) in [7, 11) is 0. The second kappa shape index (κ2) is 3.84. The second-order valence-electron chi connectivity index (χ2n) is 4.59. The molecule has 0 aromatic carbocycles. The van der Waals surface area contributed by atoms with E-state index in [1.165, 1.54) is 0 Å². The van der Waals surface area contributed by atoms with Gasteiger partial charge in [0, 0.05) is 11.0 Å². The van der Waals surface area contributed by atoms with Crippen molar-refractivity contribution in [2.45, 2.75) is 19.3 Å². The molecule has 88 valence electrons. The minimum absolute atomic E-state index is 0.115. The summed E-state index contributed by atoms with van der Waals surface area (Å²) in [5, 5.41) is 9.92. The van der Waals surface area contributed by atoms with Gasteiger partial charge in [-0.25, -0.2) is 0 Å². The zero-order valence-electron chi connectivity index (χ0n) is 9.19. The summed E-state index contributed by atoms with van der Waals surface area (Å²) in [5.41, 5.74) is 2.87. The van der Waals surface area contributed by atoms with Crippen LogP contribution in [-0.4, -0.2) is 16.8 Å². The molecule has 0 spiro atoms. The van der Waals surface area contributed by atoms with Gasteiger partial charge in [0.25, 0.3) is 0 Å². The predicted molar refractivity (Wildman–Crippen MR) is 66.0 cm³/mol. The zero-order valence-corrected chi connectivity index (χ0v) is 9.94. The Kier molecular flexibility index (Phi) is 2.44. The molecular formula is C13H12ClNO2. The molecule has 0 aromatic rings. The lowest BCUT2D eigenvalue weighted by atomic mass is 9.81. The highest BCUT2D eigenvalue weighted by atomic mass is 35.5. The molecule has 0 fully saturated rings. The number of carboxylic acid groups (broad SMARTS) is 1. The summed E-state index contributed by atoms with van der Waals surface area (Å²) in [4.78, 5) is 15.7. The number of fused-ring (bicyclic) bond motifs is 2. The maximum Gasteiger partial charge on any atom is 0.312 e. The van der Waals surface area contributed by atoms with E-state index in [0.717, 1.165) is 29.8 Å². The standard InChI is InChI=1S/C13H12ClNO2/c14-7-4-5-11-10(6-7)8-2-1-3-9(13(16)17)12(8)15-11/h4-6,9-10H,1-3H2,(H,16,17)/t9-,10-/m1/s1. The highest BCUT2D eigenvalue weighted by molar-refractivity contribution is 6.32. The average molecular weight is 250 g/mol. The van der Waals surface area contributed by atoms with Crippen LogP contribution < -0.4 is 0 Å². The molecule has 0 aromatic heterocycles. The van der Waals surface area contributed by atoms with Crippen molar-refractivity contribution in [2.75, 3.05) is 0 Å². The molecule has 0 saturated carbocycles. The van der Waals surface area contributed by atoms with Crippen molar-refractivity contribution >= 4 is 23.3 Å². The monoisotopic (exact) mass is 249 g/mol. The van der Waals surface area contributed by atoms with Gasteiger partial charge in [-0.15, -0.1) is 0 Å². The number of carbonyl (C=O) groups is 1. The van der Waals surface area contributed by atoms with Crippen molar-refractivity contribution in [3.05, 3.63) is 34.5 Å². The van der Waals surface area contributed by atoms with Crippen LogP contribution >= 0.6 is 11.6 Å². The molecule has 0 unspecified atom stereocenters. The predicted octanol–water partition coefficient (Wildman–Crippen LogP) is 2.89. The van der Waals surface area contributed by atoms with E-state index < -0.39 is 11.9 Å². The van der Waals surface area contributed by atoms with E-state index in [0.29, 0.717) is 11.5 Å². The van der Waals surface area contributed by atoms with Gasteiger partial charge < -0.3 is 5.11 Å². The summed E-state index contributed by atoms with van der Waals surface area (Å²) >= 11 is 5.99. The van der Waals surface area contributed by atoms with Crippen molar-refractivity contribution in [1.82, 2.24) is 0 Å². The van der Waals surface area contributed by atoms with Crippen LogP contribution in [0.1, 0.15) is 19.3 Å². The van der Waals surface area contributed by atoms with Crippen LogP contribution in [0.2, 0.25) is 0 Å². The number of aliphatic carboxylic acids is 1. The number of rotatable bonds is 1. The van der Waals surface area contributed by atoms with E-state index in [1.807, 2.05) is 18.2 Å². The molecule has 0 amide bonds. The Morgan fingerprint density at radius 1 is 1.47 bits per heavy atom. The highest BCUT2D eigenvalue weighted by Gasteiger charge is 2.37. The van der Waals surface area contributed by atoms with E-state index in [4.69, 9.17) is 11.6 Å². The fourth-order valence-corrected chi connectivity index (χ4v) is 2.97. The Morgan fingerprint density at radius 3 is 3.06 bits per heavy atom. The maximum absolute atomic E-state index is 11.2. The number of hydrogen-bond acceptors (Lipinski definition) is 2. The van der Waals surface area contributed by atoms with E-state index >= 15 is 0 Å². The second-order valence-corrected chi connectivity index (χ2v) is 5.03. The number of allylic oxidation sites excluding steroid dienone is 5. The molecule has 1 aliphatic heterocycles. The van der Waals surface area contributed by atoms with Gasteiger partial charge in [0.1, 0.15) is 0 Å². The number of hydrogen-bond donors (Lipinski definition) is 1. The van der Waals surface area contributed by atoms with E-state index in [9.17, 15) is 9.90 Å².